The summed E-state index contributed by atoms with van der Waals surface area (Å²) in [4.78, 5) is 51.5. The Morgan fingerprint density at radius 2 is 1.91 bits per heavy atom. The fourth-order valence-corrected chi connectivity index (χ4v) is 4.37. The Labute approximate surface area is 252 Å². The minimum atomic E-state index is -1.26. The van der Waals surface area contributed by atoms with E-state index in [1.54, 1.807) is 18.5 Å². The van der Waals surface area contributed by atoms with E-state index in [2.05, 4.69) is 30.2 Å². The summed E-state index contributed by atoms with van der Waals surface area (Å²) in [6.07, 6.45) is 5.80. The number of rotatable bonds is 12. The molecule has 3 heterocycles. The van der Waals surface area contributed by atoms with Gasteiger partial charge in [0, 0.05) is 23.7 Å². The van der Waals surface area contributed by atoms with E-state index >= 15 is 0 Å². The lowest BCUT2D eigenvalue weighted by molar-refractivity contribution is -0.150. The molecule has 232 valence electrons. The summed E-state index contributed by atoms with van der Waals surface area (Å²) in [6, 6.07) is 7.95. The first kappa shape index (κ1) is 31.8. The average molecular weight is 606 g/mol. The number of nitrogens with zero attached hydrogens (tertiary/aromatic N) is 5. The van der Waals surface area contributed by atoms with Gasteiger partial charge in [0.15, 0.2) is 6.04 Å². The van der Waals surface area contributed by atoms with Gasteiger partial charge in [-0.05, 0) is 37.5 Å². The van der Waals surface area contributed by atoms with Gasteiger partial charge in [-0.3, -0.25) is 9.59 Å². The molecule has 0 aliphatic carbocycles. The molecule has 44 heavy (non-hydrogen) atoms. The number of H-pyrrole nitrogens is 2. The van der Waals surface area contributed by atoms with Crippen LogP contribution in [0.4, 0.5) is 0 Å². The first-order chi connectivity index (χ1) is 20.9. The standard InChI is InChI=1S/C30H35N7O7/c1-18(38)25(29(41)42)37-15-20(35-36-37)11-8-12-24(39)43-17-44-28-23(14-21-26(30(2,3)4)32-16-31-21)33-27(40)22(34-28)13-19-9-6-5-7-10-19/h5-7,9-10,13-16,18,25,38H,8,11-12,17H2,1-4H3,(H,31,32)(H,33,40)(H,41,42)/b22-13-,23-14-/t18?,25-/m0/s1. The molecule has 0 spiro atoms. The van der Waals surface area contributed by atoms with Crippen molar-refractivity contribution in [3.63, 3.8) is 0 Å². The number of aromatic amines is 2. The summed E-state index contributed by atoms with van der Waals surface area (Å²) in [5.41, 5.74) is 1.99. The van der Waals surface area contributed by atoms with E-state index in [9.17, 15) is 24.6 Å². The Morgan fingerprint density at radius 1 is 1.16 bits per heavy atom. The maximum atomic E-state index is 12.9. The molecule has 0 fully saturated rings. The van der Waals surface area contributed by atoms with E-state index in [0.717, 1.165) is 15.9 Å². The largest absolute Gasteiger partial charge is 0.480 e. The number of carboxylic acids is 1. The number of carboxylic acid groups (broad SMARTS) is 1. The fraction of sp³-hybridized carbons (Fsp3) is 0.367. The van der Waals surface area contributed by atoms with Crippen LogP contribution in [0.15, 0.2) is 47.7 Å². The zero-order chi connectivity index (χ0) is 31.9. The smallest absolute Gasteiger partial charge is 0.331 e. The highest BCUT2D eigenvalue weighted by Crippen LogP contribution is 2.23. The van der Waals surface area contributed by atoms with Gasteiger partial charge in [0.2, 0.25) is 12.7 Å². The van der Waals surface area contributed by atoms with Crippen LogP contribution >= 0.6 is 0 Å². The number of aryl methyl sites for hydroxylation is 1. The number of benzene rings is 1. The minimum Gasteiger partial charge on any atom is -0.480 e. The summed E-state index contributed by atoms with van der Waals surface area (Å²) >= 11 is 0. The number of carbonyl (C=O) groups is 2. The first-order valence-electron chi connectivity index (χ1n) is 13.9. The second kappa shape index (κ2) is 13.9. The number of nitrogens with one attached hydrogen (secondary N) is 2. The quantitative estimate of drug-likeness (QED) is 0.132. The molecule has 0 radical (unpaired) electrons. The minimum absolute atomic E-state index is 0.0300. The van der Waals surface area contributed by atoms with Crippen LogP contribution < -0.4 is 21.0 Å². The highest BCUT2D eigenvalue weighted by Gasteiger charge is 2.26. The molecule has 2 atom stereocenters. The van der Waals surface area contributed by atoms with E-state index < -0.39 is 36.4 Å². The van der Waals surface area contributed by atoms with Crippen LogP contribution in [0.1, 0.15) is 69.2 Å². The molecule has 0 amide bonds. The van der Waals surface area contributed by atoms with E-state index in [0.29, 0.717) is 24.2 Å². The number of hydrogen-bond acceptors (Lipinski definition) is 10. The molecule has 0 aliphatic rings. The number of aliphatic hydroxyl groups is 1. The number of esters is 1. The predicted octanol–water partition coefficient (Wildman–Crippen LogP) is 0.949. The van der Waals surface area contributed by atoms with Crippen LogP contribution in [-0.2, 0) is 26.2 Å². The topological polar surface area (TPSA) is 198 Å². The summed E-state index contributed by atoms with van der Waals surface area (Å²) in [5, 5.41) is 27.1. The van der Waals surface area contributed by atoms with Gasteiger partial charge in [-0.15, -0.1) is 5.10 Å². The van der Waals surface area contributed by atoms with Crippen molar-refractivity contribution in [3.8, 4) is 5.88 Å². The van der Waals surface area contributed by atoms with Crippen LogP contribution in [0.3, 0.4) is 0 Å². The normalized spacial score (nSPS) is 13.9. The van der Waals surface area contributed by atoms with Gasteiger partial charge in [0.05, 0.1) is 23.8 Å². The number of ether oxygens (including phenoxy) is 2. The fourth-order valence-electron chi connectivity index (χ4n) is 4.37. The van der Waals surface area contributed by atoms with E-state index in [-0.39, 0.29) is 28.4 Å². The van der Waals surface area contributed by atoms with Gasteiger partial charge < -0.3 is 29.7 Å². The predicted molar refractivity (Wildman–Crippen MR) is 158 cm³/mol. The number of carbonyl (C=O) groups excluding carboxylic acids is 1. The Hall–Kier alpha value is -5.11. The molecule has 0 saturated carbocycles. The molecule has 4 aromatic rings. The second-order valence-corrected chi connectivity index (χ2v) is 11.1. The molecule has 14 heteroatoms. The molecular weight excluding hydrogens is 570 g/mol. The Morgan fingerprint density at radius 3 is 2.59 bits per heavy atom. The molecule has 1 aromatic carbocycles. The summed E-state index contributed by atoms with van der Waals surface area (Å²) < 4.78 is 12.1. The second-order valence-electron chi connectivity index (χ2n) is 11.1. The molecule has 0 saturated heterocycles. The van der Waals surface area contributed by atoms with Crippen LogP contribution in [-0.4, -0.2) is 70.0 Å². The van der Waals surface area contributed by atoms with Crippen molar-refractivity contribution in [2.45, 2.75) is 64.5 Å². The zero-order valence-corrected chi connectivity index (χ0v) is 24.9. The van der Waals surface area contributed by atoms with Crippen molar-refractivity contribution in [2.24, 2.45) is 0 Å². The van der Waals surface area contributed by atoms with E-state index in [1.165, 1.54) is 13.1 Å². The van der Waals surface area contributed by atoms with Gasteiger partial charge in [-0.2, -0.15) is 0 Å². The summed E-state index contributed by atoms with van der Waals surface area (Å²) in [7, 11) is 0. The summed E-state index contributed by atoms with van der Waals surface area (Å²) in [6.45, 7) is 6.97. The number of aliphatic hydroxyl groups excluding tert-OH is 1. The number of imidazole rings is 1. The average Bonchev–Trinajstić information content (AvgIpc) is 3.61. The number of aliphatic carboxylic acids is 1. The van der Waals surface area contributed by atoms with Gasteiger partial charge in [0.25, 0.3) is 5.56 Å². The van der Waals surface area contributed by atoms with Gasteiger partial charge in [-0.25, -0.2) is 19.4 Å². The number of hydrogen-bond donors (Lipinski definition) is 4. The lowest BCUT2D eigenvalue weighted by Gasteiger charge is -2.17. The third-order valence-electron chi connectivity index (χ3n) is 6.52. The van der Waals surface area contributed by atoms with Crippen LogP contribution in [0.2, 0.25) is 0 Å². The summed E-state index contributed by atoms with van der Waals surface area (Å²) in [5.74, 6) is -1.73. The molecule has 1 unspecified atom stereocenters. The SMILES string of the molecule is CC(O)[C@@H](C(=O)O)n1cc(CCCC(=O)OCOc2n/c(=C\c3ccccc3)c(=O)[nH]/c2=C\c2nc[nH]c2C(C)(C)C)nn1. The van der Waals surface area contributed by atoms with Crippen molar-refractivity contribution in [2.75, 3.05) is 6.79 Å². The maximum Gasteiger partial charge on any atom is 0.331 e. The van der Waals surface area contributed by atoms with Crippen LogP contribution in [0, 0.1) is 0 Å². The molecule has 0 bridgehead atoms. The molecule has 4 rings (SSSR count). The molecular formula is C30H35N7O7. The van der Waals surface area contributed by atoms with E-state index in [4.69, 9.17) is 9.47 Å². The zero-order valence-electron chi connectivity index (χ0n) is 24.9. The van der Waals surface area contributed by atoms with Crippen molar-refractivity contribution in [3.05, 3.63) is 86.6 Å². The van der Waals surface area contributed by atoms with Crippen molar-refractivity contribution in [1.29, 1.82) is 0 Å². The first-order valence-corrected chi connectivity index (χ1v) is 13.9. The van der Waals surface area contributed by atoms with Crippen molar-refractivity contribution in [1.82, 2.24) is 34.9 Å². The number of aromatic nitrogens is 7. The third kappa shape index (κ3) is 8.25. The van der Waals surface area contributed by atoms with Gasteiger partial charge in [0.1, 0.15) is 10.7 Å². The van der Waals surface area contributed by atoms with Gasteiger partial charge >= 0.3 is 11.9 Å². The Kier molecular flexibility index (Phi) is 10.1. The Bertz CT molecular complexity index is 1770. The van der Waals surface area contributed by atoms with Crippen LogP contribution in [0.5, 0.6) is 5.88 Å². The third-order valence-corrected chi connectivity index (χ3v) is 6.52. The molecule has 4 N–H and O–H groups in total. The van der Waals surface area contributed by atoms with Crippen LogP contribution in [0.25, 0.3) is 12.2 Å². The monoisotopic (exact) mass is 605 g/mol. The highest BCUT2D eigenvalue weighted by molar-refractivity contribution is 5.72. The van der Waals surface area contributed by atoms with Crippen molar-refractivity contribution < 1.29 is 29.3 Å². The Balaban J connectivity index is 1.46. The maximum absolute atomic E-state index is 12.9. The highest BCUT2D eigenvalue weighted by atomic mass is 16.7. The van der Waals surface area contributed by atoms with Crippen molar-refractivity contribution >= 4 is 24.1 Å². The van der Waals surface area contributed by atoms with Gasteiger partial charge in [-0.1, -0.05) is 56.3 Å². The molecule has 14 nitrogen and oxygen atoms in total. The molecule has 0 aliphatic heterocycles. The van der Waals surface area contributed by atoms with E-state index in [1.807, 2.05) is 51.1 Å². The lowest BCUT2D eigenvalue weighted by Crippen LogP contribution is -2.38. The lowest BCUT2D eigenvalue weighted by atomic mass is 9.90. The molecule has 3 aromatic heterocycles.